The molecule has 0 spiro atoms. The largest absolute Gasteiger partial charge is 0.433 e. The highest BCUT2D eigenvalue weighted by molar-refractivity contribution is 7.89. The van der Waals surface area contributed by atoms with E-state index in [1.807, 2.05) is 0 Å². The Morgan fingerprint density at radius 2 is 1.91 bits per heavy atom. The minimum absolute atomic E-state index is 0. The summed E-state index contributed by atoms with van der Waals surface area (Å²) < 4.78 is 56.7. The maximum absolute atomic E-state index is 12.5. The molecule has 1 fully saturated rings. The summed E-state index contributed by atoms with van der Waals surface area (Å²) in [6.07, 6.45) is 3.49. The standard InChI is InChI=1S/C14H20F2N2O3S.ClH/c15-14(16)21-12-7-3-4-8-13(12)22(19,20)18-11-6-2-1-5-10(11)9-17;/h3-4,7-8,10-11,14,18H,1-2,5-6,9,17H2;1H. The lowest BCUT2D eigenvalue weighted by Crippen LogP contribution is -2.44. The van der Waals surface area contributed by atoms with Crippen LogP contribution < -0.4 is 15.2 Å². The number of halogens is 3. The summed E-state index contributed by atoms with van der Waals surface area (Å²) >= 11 is 0. The van der Waals surface area contributed by atoms with Gasteiger partial charge in [-0.1, -0.05) is 25.0 Å². The van der Waals surface area contributed by atoms with E-state index in [0.717, 1.165) is 19.3 Å². The number of hydrogen-bond acceptors (Lipinski definition) is 4. The molecule has 0 aliphatic heterocycles. The number of benzene rings is 1. The second kappa shape index (κ2) is 8.77. The Labute approximate surface area is 141 Å². The molecule has 0 heterocycles. The fraction of sp³-hybridized carbons (Fsp3) is 0.571. The molecule has 2 atom stereocenters. The van der Waals surface area contributed by atoms with Gasteiger partial charge in [0, 0.05) is 6.04 Å². The first-order chi connectivity index (χ1) is 10.4. The first-order valence-corrected chi connectivity index (χ1v) is 8.68. The molecule has 1 aromatic rings. The summed E-state index contributed by atoms with van der Waals surface area (Å²) in [6.45, 7) is -2.69. The van der Waals surface area contributed by atoms with E-state index in [1.54, 1.807) is 0 Å². The Hall–Kier alpha value is -0.960. The van der Waals surface area contributed by atoms with Crippen LogP contribution in [-0.4, -0.2) is 27.6 Å². The predicted molar refractivity (Wildman–Crippen MR) is 85.4 cm³/mol. The van der Waals surface area contributed by atoms with Crippen LogP contribution in [0.1, 0.15) is 25.7 Å². The molecule has 1 aliphatic carbocycles. The van der Waals surface area contributed by atoms with Crippen molar-refractivity contribution in [3.8, 4) is 5.75 Å². The Morgan fingerprint density at radius 3 is 2.57 bits per heavy atom. The molecule has 0 amide bonds. The molecule has 1 aliphatic rings. The minimum atomic E-state index is -3.94. The second-order valence-electron chi connectivity index (χ2n) is 5.33. The smallest absolute Gasteiger partial charge is 0.387 e. The minimum Gasteiger partial charge on any atom is -0.433 e. The van der Waals surface area contributed by atoms with Gasteiger partial charge in [0.05, 0.1) is 0 Å². The van der Waals surface area contributed by atoms with Gasteiger partial charge in [-0.2, -0.15) is 8.78 Å². The number of hydrogen-bond donors (Lipinski definition) is 2. The van der Waals surface area contributed by atoms with Gasteiger partial charge in [-0.25, -0.2) is 13.1 Å². The predicted octanol–water partition coefficient (Wildman–Crippen LogP) is 2.51. The quantitative estimate of drug-likeness (QED) is 0.806. The molecule has 3 N–H and O–H groups in total. The van der Waals surface area contributed by atoms with Gasteiger partial charge >= 0.3 is 6.61 Å². The summed E-state index contributed by atoms with van der Waals surface area (Å²) in [5.41, 5.74) is 5.69. The van der Waals surface area contributed by atoms with Gasteiger partial charge in [0.2, 0.25) is 10.0 Å². The first kappa shape index (κ1) is 20.1. The molecule has 5 nitrogen and oxygen atoms in total. The first-order valence-electron chi connectivity index (χ1n) is 7.20. The van der Waals surface area contributed by atoms with Crippen LogP contribution in [0, 0.1) is 5.92 Å². The van der Waals surface area contributed by atoms with E-state index in [1.165, 1.54) is 24.3 Å². The molecule has 2 unspecified atom stereocenters. The van der Waals surface area contributed by atoms with Gasteiger partial charge in [-0.05, 0) is 37.4 Å². The number of nitrogens with one attached hydrogen (secondary N) is 1. The highest BCUT2D eigenvalue weighted by Crippen LogP contribution is 2.28. The third-order valence-corrected chi connectivity index (χ3v) is 5.40. The maximum atomic E-state index is 12.5. The molecule has 132 valence electrons. The average Bonchev–Trinajstić information content (AvgIpc) is 2.47. The lowest BCUT2D eigenvalue weighted by molar-refractivity contribution is -0.0517. The molecular weight excluding hydrogens is 350 g/mol. The number of para-hydroxylation sites is 1. The fourth-order valence-corrected chi connectivity index (χ4v) is 4.25. The molecule has 9 heteroatoms. The molecule has 0 saturated heterocycles. The fourth-order valence-electron chi connectivity index (χ4n) is 2.77. The van der Waals surface area contributed by atoms with E-state index < -0.39 is 16.6 Å². The highest BCUT2D eigenvalue weighted by Gasteiger charge is 2.30. The van der Waals surface area contributed by atoms with Crippen molar-refractivity contribution in [2.24, 2.45) is 11.7 Å². The van der Waals surface area contributed by atoms with E-state index in [4.69, 9.17) is 5.73 Å². The zero-order valence-corrected chi connectivity index (χ0v) is 14.1. The monoisotopic (exact) mass is 370 g/mol. The summed E-state index contributed by atoms with van der Waals surface area (Å²) in [4.78, 5) is -0.281. The molecular formula is C14H21ClF2N2O3S. The van der Waals surface area contributed by atoms with Gasteiger partial charge in [-0.15, -0.1) is 12.4 Å². The summed E-state index contributed by atoms with van der Waals surface area (Å²) in [5.74, 6) is -0.295. The van der Waals surface area contributed by atoms with Crippen LogP contribution in [0.4, 0.5) is 8.78 Å². The van der Waals surface area contributed by atoms with Crippen LogP contribution in [0.3, 0.4) is 0 Å². The lowest BCUT2D eigenvalue weighted by atomic mass is 9.85. The van der Waals surface area contributed by atoms with Crippen molar-refractivity contribution in [2.75, 3.05) is 6.54 Å². The van der Waals surface area contributed by atoms with Crippen molar-refractivity contribution in [2.45, 2.75) is 43.2 Å². The zero-order valence-electron chi connectivity index (χ0n) is 12.5. The van der Waals surface area contributed by atoms with Crippen molar-refractivity contribution in [3.05, 3.63) is 24.3 Å². The Morgan fingerprint density at radius 1 is 1.26 bits per heavy atom. The van der Waals surface area contributed by atoms with Gasteiger partial charge in [0.1, 0.15) is 10.6 Å². The molecule has 2 rings (SSSR count). The number of sulfonamides is 1. The normalized spacial score (nSPS) is 21.7. The molecule has 1 saturated carbocycles. The van der Waals surface area contributed by atoms with Crippen molar-refractivity contribution in [1.82, 2.24) is 4.72 Å². The maximum Gasteiger partial charge on any atom is 0.387 e. The zero-order chi connectivity index (χ0) is 16.2. The molecule has 23 heavy (non-hydrogen) atoms. The van der Waals surface area contributed by atoms with E-state index in [9.17, 15) is 17.2 Å². The van der Waals surface area contributed by atoms with Crippen molar-refractivity contribution < 1.29 is 21.9 Å². The van der Waals surface area contributed by atoms with Crippen LogP contribution in [0.15, 0.2) is 29.2 Å². The van der Waals surface area contributed by atoms with E-state index >= 15 is 0 Å². The van der Waals surface area contributed by atoms with E-state index in [2.05, 4.69) is 9.46 Å². The summed E-state index contributed by atoms with van der Waals surface area (Å²) in [5, 5.41) is 0. The van der Waals surface area contributed by atoms with E-state index in [0.29, 0.717) is 13.0 Å². The Bertz CT molecular complexity index is 601. The van der Waals surface area contributed by atoms with Crippen LogP contribution in [0.2, 0.25) is 0 Å². The Balaban J connectivity index is 0.00000264. The number of nitrogens with two attached hydrogens (primary N) is 1. The van der Waals surface area contributed by atoms with Crippen LogP contribution in [0.5, 0.6) is 5.75 Å². The van der Waals surface area contributed by atoms with Crippen LogP contribution in [0.25, 0.3) is 0 Å². The van der Waals surface area contributed by atoms with Crippen molar-refractivity contribution in [3.63, 3.8) is 0 Å². The number of ether oxygens (including phenoxy) is 1. The molecule has 0 bridgehead atoms. The van der Waals surface area contributed by atoms with Gasteiger partial charge in [0.15, 0.2) is 0 Å². The SMILES string of the molecule is Cl.NCC1CCCCC1NS(=O)(=O)c1ccccc1OC(F)F. The number of rotatable bonds is 6. The van der Waals surface area contributed by atoms with Gasteiger partial charge < -0.3 is 10.5 Å². The summed E-state index contributed by atoms with van der Waals surface area (Å²) in [6, 6.07) is 5.10. The average molecular weight is 371 g/mol. The topological polar surface area (TPSA) is 81.4 Å². The van der Waals surface area contributed by atoms with Crippen molar-refractivity contribution in [1.29, 1.82) is 0 Å². The third kappa shape index (κ3) is 5.27. The Kier molecular flexibility index (Phi) is 7.66. The molecule has 0 aromatic heterocycles. The van der Waals surface area contributed by atoms with Gasteiger partial charge in [-0.3, -0.25) is 0 Å². The van der Waals surface area contributed by atoms with Crippen molar-refractivity contribution >= 4 is 22.4 Å². The third-order valence-electron chi connectivity index (χ3n) is 3.87. The number of alkyl halides is 2. The highest BCUT2D eigenvalue weighted by atomic mass is 35.5. The van der Waals surface area contributed by atoms with Crippen LogP contribution >= 0.6 is 12.4 Å². The lowest BCUT2D eigenvalue weighted by Gasteiger charge is -2.31. The van der Waals surface area contributed by atoms with E-state index in [-0.39, 0.29) is 35.0 Å². The van der Waals surface area contributed by atoms with Gasteiger partial charge in [0.25, 0.3) is 0 Å². The summed E-state index contributed by atoms with van der Waals surface area (Å²) in [7, 11) is -3.94. The van der Waals surface area contributed by atoms with Crippen LogP contribution in [-0.2, 0) is 10.0 Å². The molecule has 1 aromatic carbocycles. The molecule has 0 radical (unpaired) electrons. The second-order valence-corrected chi connectivity index (χ2v) is 7.02.